The Morgan fingerprint density at radius 2 is 1.61 bits per heavy atom. The monoisotopic (exact) mass is 373 g/mol. The molecule has 0 spiro atoms. The van der Waals surface area contributed by atoms with Crippen LogP contribution in [0.1, 0.15) is 20.9 Å². The van der Waals surface area contributed by atoms with Gasteiger partial charge >= 0.3 is 5.97 Å². The lowest BCUT2D eigenvalue weighted by Crippen LogP contribution is -2.17. The van der Waals surface area contributed by atoms with Gasteiger partial charge in [0, 0.05) is 6.07 Å². The SMILES string of the molecule is COC(=O)c1cc2ccccc2cc1NC(=O)c1cc(=O)c2ccccc2o1. The first-order chi connectivity index (χ1) is 13.6. The predicted octanol–water partition coefficient (Wildman–Crippen LogP) is 3.99. The van der Waals surface area contributed by atoms with Gasteiger partial charge in [-0.1, -0.05) is 36.4 Å². The van der Waals surface area contributed by atoms with Gasteiger partial charge in [0.2, 0.25) is 0 Å². The van der Waals surface area contributed by atoms with Gasteiger partial charge in [0.25, 0.3) is 5.91 Å². The second-order valence-electron chi connectivity index (χ2n) is 6.16. The van der Waals surface area contributed by atoms with Crippen LogP contribution in [0.5, 0.6) is 0 Å². The van der Waals surface area contributed by atoms with Crippen molar-refractivity contribution in [2.45, 2.75) is 0 Å². The van der Waals surface area contributed by atoms with E-state index in [9.17, 15) is 14.4 Å². The summed E-state index contributed by atoms with van der Waals surface area (Å²) < 4.78 is 10.4. The molecule has 0 fully saturated rings. The van der Waals surface area contributed by atoms with Gasteiger partial charge < -0.3 is 14.5 Å². The second-order valence-corrected chi connectivity index (χ2v) is 6.16. The van der Waals surface area contributed by atoms with Crippen LogP contribution in [0.4, 0.5) is 5.69 Å². The number of ether oxygens (including phenoxy) is 1. The molecule has 4 rings (SSSR count). The molecule has 4 aromatic rings. The molecule has 0 saturated heterocycles. The van der Waals surface area contributed by atoms with E-state index in [1.807, 2.05) is 24.3 Å². The number of hydrogen-bond acceptors (Lipinski definition) is 5. The smallest absolute Gasteiger partial charge is 0.339 e. The lowest BCUT2D eigenvalue weighted by molar-refractivity contribution is 0.0602. The van der Waals surface area contributed by atoms with Crippen LogP contribution in [0, 0.1) is 0 Å². The number of amides is 1. The van der Waals surface area contributed by atoms with Crippen molar-refractivity contribution in [3.05, 3.63) is 88.3 Å². The molecule has 28 heavy (non-hydrogen) atoms. The van der Waals surface area contributed by atoms with Crippen molar-refractivity contribution in [2.24, 2.45) is 0 Å². The Kier molecular flexibility index (Phi) is 4.37. The third-order valence-electron chi connectivity index (χ3n) is 4.40. The number of carbonyl (C=O) groups is 2. The minimum atomic E-state index is -0.636. The highest BCUT2D eigenvalue weighted by Gasteiger charge is 2.18. The summed E-state index contributed by atoms with van der Waals surface area (Å²) >= 11 is 0. The van der Waals surface area contributed by atoms with E-state index in [0.29, 0.717) is 11.0 Å². The summed E-state index contributed by atoms with van der Waals surface area (Å²) in [6, 6.07) is 18.6. The van der Waals surface area contributed by atoms with Gasteiger partial charge in [0.15, 0.2) is 11.2 Å². The summed E-state index contributed by atoms with van der Waals surface area (Å²) in [6.45, 7) is 0. The van der Waals surface area contributed by atoms with Crippen LogP contribution in [0.2, 0.25) is 0 Å². The maximum absolute atomic E-state index is 12.7. The number of hydrogen-bond donors (Lipinski definition) is 1. The van der Waals surface area contributed by atoms with Gasteiger partial charge in [-0.3, -0.25) is 9.59 Å². The van der Waals surface area contributed by atoms with Crippen molar-refractivity contribution in [1.82, 2.24) is 0 Å². The summed E-state index contributed by atoms with van der Waals surface area (Å²) in [5.74, 6) is -1.36. The van der Waals surface area contributed by atoms with Gasteiger partial charge in [-0.15, -0.1) is 0 Å². The Morgan fingerprint density at radius 1 is 0.929 bits per heavy atom. The van der Waals surface area contributed by atoms with Crippen LogP contribution in [-0.2, 0) is 4.74 Å². The predicted molar refractivity (Wildman–Crippen MR) is 106 cm³/mol. The number of anilines is 1. The molecule has 0 atom stereocenters. The number of para-hydroxylation sites is 1. The third kappa shape index (κ3) is 3.12. The van der Waals surface area contributed by atoms with E-state index in [-0.39, 0.29) is 22.4 Å². The van der Waals surface area contributed by atoms with Crippen molar-refractivity contribution in [3.8, 4) is 0 Å². The first kappa shape index (κ1) is 17.5. The molecule has 0 aliphatic rings. The number of benzene rings is 3. The van der Waals surface area contributed by atoms with E-state index >= 15 is 0 Å². The lowest BCUT2D eigenvalue weighted by atomic mass is 10.0. The largest absolute Gasteiger partial charge is 0.465 e. The quantitative estimate of drug-likeness (QED) is 0.549. The van der Waals surface area contributed by atoms with Crippen molar-refractivity contribution in [2.75, 3.05) is 12.4 Å². The van der Waals surface area contributed by atoms with Gasteiger partial charge in [0.1, 0.15) is 5.58 Å². The van der Waals surface area contributed by atoms with Crippen LogP contribution < -0.4 is 10.7 Å². The van der Waals surface area contributed by atoms with Crippen molar-refractivity contribution >= 4 is 39.3 Å². The molecular formula is C22H15NO5. The fraction of sp³-hybridized carbons (Fsp3) is 0.0455. The van der Waals surface area contributed by atoms with Crippen LogP contribution in [0.3, 0.4) is 0 Å². The maximum atomic E-state index is 12.7. The molecule has 1 aromatic heterocycles. The highest BCUT2D eigenvalue weighted by atomic mass is 16.5. The summed E-state index contributed by atoms with van der Waals surface area (Å²) in [5, 5.41) is 4.71. The highest BCUT2D eigenvalue weighted by Crippen LogP contribution is 2.25. The van der Waals surface area contributed by atoms with E-state index < -0.39 is 11.9 Å². The number of rotatable bonds is 3. The zero-order valence-electron chi connectivity index (χ0n) is 14.9. The Balaban J connectivity index is 1.78. The van der Waals surface area contributed by atoms with Gasteiger partial charge in [0.05, 0.1) is 23.7 Å². The number of methoxy groups -OCH3 is 1. The van der Waals surface area contributed by atoms with Gasteiger partial charge in [-0.25, -0.2) is 4.79 Å². The molecule has 1 heterocycles. The fourth-order valence-electron chi connectivity index (χ4n) is 3.02. The van der Waals surface area contributed by atoms with Crippen molar-refractivity contribution < 1.29 is 18.7 Å². The average Bonchev–Trinajstić information content (AvgIpc) is 2.72. The van der Waals surface area contributed by atoms with Gasteiger partial charge in [-0.2, -0.15) is 0 Å². The maximum Gasteiger partial charge on any atom is 0.339 e. The van der Waals surface area contributed by atoms with E-state index in [1.54, 1.807) is 36.4 Å². The fourth-order valence-corrected chi connectivity index (χ4v) is 3.02. The Labute approximate surface area is 159 Å². The number of esters is 1. The molecule has 0 aliphatic carbocycles. The number of nitrogens with one attached hydrogen (secondary N) is 1. The topological polar surface area (TPSA) is 85.6 Å². The molecule has 0 bridgehead atoms. The van der Waals surface area contributed by atoms with Crippen molar-refractivity contribution in [3.63, 3.8) is 0 Å². The Bertz CT molecular complexity index is 1290. The van der Waals surface area contributed by atoms with Crippen LogP contribution in [0.15, 0.2) is 75.9 Å². The molecule has 0 saturated carbocycles. The average molecular weight is 373 g/mol. The highest BCUT2D eigenvalue weighted by molar-refractivity contribution is 6.09. The lowest BCUT2D eigenvalue weighted by Gasteiger charge is -2.11. The summed E-state index contributed by atoms with van der Waals surface area (Å²) in [5.41, 5.74) is 0.467. The van der Waals surface area contributed by atoms with E-state index in [1.165, 1.54) is 7.11 Å². The second kappa shape index (κ2) is 7.00. The molecule has 3 aromatic carbocycles. The minimum absolute atomic E-state index is 0.146. The summed E-state index contributed by atoms with van der Waals surface area (Å²) in [6.07, 6.45) is 0. The van der Waals surface area contributed by atoms with Crippen LogP contribution in [-0.4, -0.2) is 19.0 Å². The summed E-state index contributed by atoms with van der Waals surface area (Å²) in [7, 11) is 1.27. The molecule has 1 amide bonds. The minimum Gasteiger partial charge on any atom is -0.465 e. The zero-order chi connectivity index (χ0) is 19.7. The number of fused-ring (bicyclic) bond motifs is 2. The Hall–Kier alpha value is -3.93. The standard InChI is InChI=1S/C22H15NO5/c1-27-22(26)16-10-13-6-2-3-7-14(13)11-17(16)23-21(25)20-12-18(24)15-8-4-5-9-19(15)28-20/h2-12H,1H3,(H,23,25). The molecular weight excluding hydrogens is 358 g/mol. The first-order valence-corrected chi connectivity index (χ1v) is 8.52. The molecule has 0 radical (unpaired) electrons. The van der Waals surface area contributed by atoms with E-state index in [4.69, 9.17) is 9.15 Å². The molecule has 138 valence electrons. The normalized spacial score (nSPS) is 10.8. The first-order valence-electron chi connectivity index (χ1n) is 8.52. The van der Waals surface area contributed by atoms with E-state index in [2.05, 4.69) is 5.32 Å². The van der Waals surface area contributed by atoms with Crippen LogP contribution >= 0.6 is 0 Å². The zero-order valence-corrected chi connectivity index (χ0v) is 14.9. The number of carbonyl (C=O) groups excluding carboxylic acids is 2. The molecule has 0 unspecified atom stereocenters. The summed E-state index contributed by atoms with van der Waals surface area (Å²) in [4.78, 5) is 37.1. The van der Waals surface area contributed by atoms with E-state index in [0.717, 1.165) is 16.8 Å². The van der Waals surface area contributed by atoms with Crippen molar-refractivity contribution in [1.29, 1.82) is 0 Å². The van der Waals surface area contributed by atoms with Gasteiger partial charge in [-0.05, 0) is 35.0 Å². The third-order valence-corrected chi connectivity index (χ3v) is 4.40. The molecule has 6 nitrogen and oxygen atoms in total. The molecule has 1 N–H and O–H groups in total. The Morgan fingerprint density at radius 3 is 2.36 bits per heavy atom. The van der Waals surface area contributed by atoms with Crippen LogP contribution in [0.25, 0.3) is 21.7 Å². The molecule has 6 heteroatoms. The molecule has 0 aliphatic heterocycles.